The van der Waals surface area contributed by atoms with Crippen LogP contribution in [0, 0.1) is 0 Å². The van der Waals surface area contributed by atoms with E-state index in [2.05, 4.69) is 69.4 Å². The first-order valence-corrected chi connectivity index (χ1v) is 23.2. The molecule has 336 valence electrons. The third-order valence-corrected chi connectivity index (χ3v) is 8.83. The zero-order valence-electron chi connectivity index (χ0n) is 38.1. The lowest BCUT2D eigenvalue weighted by Gasteiger charge is -2.18. The van der Waals surface area contributed by atoms with E-state index >= 15 is 0 Å². The summed E-state index contributed by atoms with van der Waals surface area (Å²) >= 11 is 0. The Morgan fingerprint density at radius 3 is 0.934 bits per heavy atom. The number of carbonyl (C=O) groups excluding carboxylic acids is 3. The quantitative estimate of drug-likeness (QED) is 0.0267. The van der Waals surface area contributed by atoms with Crippen LogP contribution in [-0.2, 0) is 28.6 Å². The van der Waals surface area contributed by atoms with E-state index in [4.69, 9.17) is 14.2 Å². The van der Waals surface area contributed by atoms with Crippen molar-refractivity contribution in [2.75, 3.05) is 13.2 Å². The fraction of sp³-hybridized carbons (Fsp3) is 0.473. The van der Waals surface area contributed by atoms with Gasteiger partial charge in [0.1, 0.15) is 13.2 Å². The van der Waals surface area contributed by atoms with Crippen molar-refractivity contribution in [3.05, 3.63) is 158 Å². The number of allylic oxidation sites excluding steroid dienone is 26. The zero-order chi connectivity index (χ0) is 44.4. The van der Waals surface area contributed by atoms with Crippen LogP contribution in [0.15, 0.2) is 158 Å². The first-order valence-electron chi connectivity index (χ1n) is 23.2. The van der Waals surface area contributed by atoms with Crippen molar-refractivity contribution in [2.24, 2.45) is 0 Å². The molecule has 6 nitrogen and oxygen atoms in total. The van der Waals surface area contributed by atoms with Crippen molar-refractivity contribution in [1.82, 2.24) is 0 Å². The molecule has 0 aliphatic rings. The molecular weight excluding hydrogens is 757 g/mol. The Morgan fingerprint density at radius 2 is 0.590 bits per heavy atom. The molecule has 0 N–H and O–H groups in total. The molecule has 0 aliphatic carbocycles. The number of unbranched alkanes of at least 4 members (excludes halogenated alkanes) is 11. The molecule has 0 fully saturated rings. The van der Waals surface area contributed by atoms with Gasteiger partial charge in [0.15, 0.2) is 6.10 Å². The van der Waals surface area contributed by atoms with Gasteiger partial charge >= 0.3 is 17.9 Å². The van der Waals surface area contributed by atoms with Crippen molar-refractivity contribution in [3.63, 3.8) is 0 Å². The fourth-order valence-corrected chi connectivity index (χ4v) is 5.42. The number of ether oxygens (including phenoxy) is 3. The van der Waals surface area contributed by atoms with Crippen molar-refractivity contribution in [1.29, 1.82) is 0 Å². The molecule has 0 saturated heterocycles. The van der Waals surface area contributed by atoms with Crippen LogP contribution >= 0.6 is 0 Å². The van der Waals surface area contributed by atoms with Crippen molar-refractivity contribution in [2.45, 2.75) is 155 Å². The molecule has 0 heterocycles. The highest BCUT2D eigenvalue weighted by atomic mass is 16.6. The highest BCUT2D eigenvalue weighted by Crippen LogP contribution is 2.11. The minimum Gasteiger partial charge on any atom is -0.462 e. The van der Waals surface area contributed by atoms with E-state index in [1.54, 1.807) is 0 Å². The normalized spacial score (nSPS) is 13.6. The molecule has 0 bridgehead atoms. The summed E-state index contributed by atoms with van der Waals surface area (Å²) in [6.45, 7) is 6.07. The van der Waals surface area contributed by atoms with Gasteiger partial charge in [-0.3, -0.25) is 14.4 Å². The Morgan fingerprint density at radius 1 is 0.328 bits per heavy atom. The molecular formula is C55H80O6. The Balaban J connectivity index is 4.63. The van der Waals surface area contributed by atoms with Gasteiger partial charge in [-0.15, -0.1) is 0 Å². The summed E-state index contributed by atoms with van der Waals surface area (Å²) in [6.07, 6.45) is 69.3. The van der Waals surface area contributed by atoms with Gasteiger partial charge in [0.25, 0.3) is 0 Å². The zero-order valence-corrected chi connectivity index (χ0v) is 38.1. The van der Waals surface area contributed by atoms with Crippen LogP contribution in [0.1, 0.15) is 149 Å². The van der Waals surface area contributed by atoms with Crippen LogP contribution in [0.3, 0.4) is 0 Å². The van der Waals surface area contributed by atoms with E-state index in [9.17, 15) is 14.4 Å². The second-order valence-electron chi connectivity index (χ2n) is 14.5. The van der Waals surface area contributed by atoms with Crippen molar-refractivity contribution in [3.8, 4) is 0 Å². The first kappa shape index (κ1) is 56.0. The van der Waals surface area contributed by atoms with E-state index in [0.29, 0.717) is 6.42 Å². The Hall–Kier alpha value is -4.97. The second-order valence-corrected chi connectivity index (χ2v) is 14.5. The third-order valence-electron chi connectivity index (χ3n) is 8.83. The van der Waals surface area contributed by atoms with Gasteiger partial charge in [-0.1, -0.05) is 211 Å². The lowest BCUT2D eigenvalue weighted by Crippen LogP contribution is -2.30. The molecule has 1 atom stereocenters. The van der Waals surface area contributed by atoms with Gasteiger partial charge in [0.2, 0.25) is 0 Å². The standard InChI is InChI=1S/C55H80O6/c1-4-7-10-13-16-19-22-25-27-30-33-36-39-42-45-48-54(57)60-51-52(50-59-53(56)47-44-41-38-35-32-29-24-21-18-15-12-9-6-3)61-55(58)49-46-43-40-37-34-31-28-26-23-20-17-14-11-8-5-2/h7-30,32-33,52H,4-6,31,34-51H2,1-3H3/b10-7-,11-8-,12-9-,16-13-,17-14-,18-15-,22-19-,23-20-,24-21-,27-25-,28-26-,32-29-,33-30-. The lowest BCUT2D eigenvalue weighted by molar-refractivity contribution is -0.167. The summed E-state index contributed by atoms with van der Waals surface area (Å²) in [5.74, 6) is -1.05. The van der Waals surface area contributed by atoms with Crippen LogP contribution in [0.5, 0.6) is 0 Å². The van der Waals surface area contributed by atoms with E-state index in [0.717, 1.165) is 103 Å². The van der Waals surface area contributed by atoms with E-state index < -0.39 is 6.10 Å². The molecule has 0 spiro atoms. The van der Waals surface area contributed by atoms with Gasteiger partial charge in [0, 0.05) is 19.3 Å². The van der Waals surface area contributed by atoms with E-state index in [1.807, 2.05) is 109 Å². The number of hydrogen-bond donors (Lipinski definition) is 0. The average molecular weight is 837 g/mol. The van der Waals surface area contributed by atoms with E-state index in [-0.39, 0.29) is 50.4 Å². The lowest BCUT2D eigenvalue weighted by atomic mass is 10.1. The van der Waals surface area contributed by atoms with Crippen LogP contribution < -0.4 is 0 Å². The molecule has 0 radical (unpaired) electrons. The predicted molar refractivity (Wildman–Crippen MR) is 260 cm³/mol. The number of rotatable bonds is 38. The minimum atomic E-state index is -0.831. The van der Waals surface area contributed by atoms with Crippen LogP contribution in [0.4, 0.5) is 0 Å². The van der Waals surface area contributed by atoms with Crippen LogP contribution in [0.2, 0.25) is 0 Å². The van der Waals surface area contributed by atoms with Gasteiger partial charge in [-0.05, 0) is 77.0 Å². The minimum absolute atomic E-state index is 0.131. The number of carbonyl (C=O) groups is 3. The van der Waals surface area contributed by atoms with Crippen LogP contribution in [-0.4, -0.2) is 37.2 Å². The average Bonchev–Trinajstić information content (AvgIpc) is 3.26. The molecule has 61 heavy (non-hydrogen) atoms. The molecule has 0 aliphatic heterocycles. The topological polar surface area (TPSA) is 78.9 Å². The molecule has 1 unspecified atom stereocenters. The van der Waals surface area contributed by atoms with Crippen molar-refractivity contribution < 1.29 is 28.6 Å². The summed E-state index contributed by atoms with van der Waals surface area (Å²) in [5.41, 5.74) is 0. The molecule has 0 saturated carbocycles. The molecule has 0 aromatic rings. The Labute approximate surface area is 371 Å². The smallest absolute Gasteiger partial charge is 0.306 e. The monoisotopic (exact) mass is 837 g/mol. The summed E-state index contributed by atoms with van der Waals surface area (Å²) in [7, 11) is 0. The first-order chi connectivity index (χ1) is 30.0. The second kappa shape index (κ2) is 47.7. The van der Waals surface area contributed by atoms with E-state index in [1.165, 1.54) is 0 Å². The van der Waals surface area contributed by atoms with Gasteiger partial charge in [-0.25, -0.2) is 0 Å². The molecule has 0 rings (SSSR count). The summed E-state index contributed by atoms with van der Waals surface area (Å²) in [5, 5.41) is 0. The molecule has 0 aromatic carbocycles. The summed E-state index contributed by atoms with van der Waals surface area (Å²) in [4.78, 5) is 37.8. The van der Waals surface area contributed by atoms with Gasteiger partial charge in [0.05, 0.1) is 0 Å². The SMILES string of the molecule is CC\C=C/C=C\C=C/C=C\C=C/CCCCCC(=O)OCC(COC(=O)CCCCC\C=C/C=C\C=C/C=C\CC)OC(=O)CCCCCCC\C=C/C=C\C=C/C=C\CC. The van der Waals surface area contributed by atoms with Crippen molar-refractivity contribution >= 4 is 17.9 Å². The highest BCUT2D eigenvalue weighted by molar-refractivity contribution is 5.71. The molecule has 6 heteroatoms. The number of hydrogen-bond acceptors (Lipinski definition) is 6. The van der Waals surface area contributed by atoms with Gasteiger partial charge < -0.3 is 14.2 Å². The molecule has 0 amide bonds. The molecule has 0 aromatic heterocycles. The predicted octanol–water partition coefficient (Wildman–Crippen LogP) is 15.1. The third kappa shape index (κ3) is 46.0. The van der Waals surface area contributed by atoms with Gasteiger partial charge in [-0.2, -0.15) is 0 Å². The largest absolute Gasteiger partial charge is 0.462 e. The number of esters is 3. The maximum absolute atomic E-state index is 12.8. The Bertz CT molecular complexity index is 1470. The highest BCUT2D eigenvalue weighted by Gasteiger charge is 2.19. The summed E-state index contributed by atoms with van der Waals surface area (Å²) in [6, 6.07) is 0. The maximum atomic E-state index is 12.8. The summed E-state index contributed by atoms with van der Waals surface area (Å²) < 4.78 is 16.6. The maximum Gasteiger partial charge on any atom is 0.306 e. The fourth-order valence-electron chi connectivity index (χ4n) is 5.42. The van der Waals surface area contributed by atoms with Crippen LogP contribution in [0.25, 0.3) is 0 Å². The Kier molecular flexibility index (Phi) is 43.8.